The number of carboxylic acid groups (broad SMARTS) is 1. The molecule has 1 N–H and O–H groups in total. The fraction of sp³-hybridized carbons (Fsp3) is 0.903. The van der Waals surface area contributed by atoms with Crippen LogP contribution in [0, 0.1) is 47.3 Å². The molecule has 0 aromatic rings. The van der Waals surface area contributed by atoms with Crippen molar-refractivity contribution in [2.75, 3.05) is 6.54 Å². The monoisotopic (exact) mass is 623 g/mol. The molecule has 242 valence electrons. The number of allylic oxidation sites excluding steroid dienone is 1. The first kappa shape index (κ1) is 33.5. The lowest BCUT2D eigenvalue weighted by Crippen LogP contribution is -2.56. The Bertz CT molecular complexity index is 1100. The molecule has 1 aliphatic heterocycles. The smallest absolute Gasteiger partial charge is 0.391 e. The number of carboxylic acids is 1. The normalized spacial score (nSPS) is 41.2. The second-order valence-corrected chi connectivity index (χ2v) is 16.1. The summed E-state index contributed by atoms with van der Waals surface area (Å²) in [7, 11) is -4.26. The highest BCUT2D eigenvalue weighted by Crippen LogP contribution is 2.50. The van der Waals surface area contributed by atoms with Gasteiger partial charge in [-0.25, -0.2) is 12.8 Å². The van der Waals surface area contributed by atoms with Crippen molar-refractivity contribution in [1.82, 2.24) is 4.31 Å². The Labute approximate surface area is 248 Å². The Kier molecular flexibility index (Phi) is 10.3. The van der Waals surface area contributed by atoms with Crippen LogP contribution in [0.4, 0.5) is 17.6 Å². The zero-order valence-electron chi connectivity index (χ0n) is 25.5. The van der Waals surface area contributed by atoms with Crippen molar-refractivity contribution in [1.29, 1.82) is 0 Å². The minimum Gasteiger partial charge on any atom is -0.481 e. The average Bonchev–Trinajstić information content (AvgIpc) is 3.23. The van der Waals surface area contributed by atoms with Crippen molar-refractivity contribution in [3.05, 3.63) is 11.8 Å². The topological polar surface area (TPSA) is 83.9 Å². The van der Waals surface area contributed by atoms with Gasteiger partial charge in [0.15, 0.2) is 0 Å². The minimum atomic E-state index is -4.48. The number of ether oxygens (including phenoxy) is 1. The number of morpholine rings is 1. The highest BCUT2D eigenvalue weighted by atomic mass is 32.2. The van der Waals surface area contributed by atoms with Crippen molar-refractivity contribution in [3.8, 4) is 0 Å². The number of hydrogen-bond donors (Lipinski definition) is 1. The van der Waals surface area contributed by atoms with Crippen LogP contribution < -0.4 is 0 Å². The first-order valence-corrected chi connectivity index (χ1v) is 17.3. The zero-order chi connectivity index (χ0) is 31.1. The van der Waals surface area contributed by atoms with Crippen LogP contribution in [-0.2, 0) is 19.6 Å². The third kappa shape index (κ3) is 6.97. The van der Waals surface area contributed by atoms with E-state index in [4.69, 9.17) is 4.74 Å². The molecular formula is C31H49F4NO5S. The minimum absolute atomic E-state index is 0.0365. The van der Waals surface area contributed by atoms with Crippen LogP contribution in [0.15, 0.2) is 11.8 Å². The molecule has 9 unspecified atom stereocenters. The molecule has 0 aromatic heterocycles. The first-order chi connectivity index (χ1) is 19.5. The van der Waals surface area contributed by atoms with Crippen LogP contribution in [0.25, 0.3) is 0 Å². The number of aliphatic carboxylic acids is 1. The summed E-state index contributed by atoms with van der Waals surface area (Å²) < 4.78 is 93.8. The number of sulfonamides is 1. The lowest BCUT2D eigenvalue weighted by molar-refractivity contribution is -0.177. The third-order valence-electron chi connectivity index (χ3n) is 10.9. The van der Waals surface area contributed by atoms with Crippen molar-refractivity contribution in [2.24, 2.45) is 47.3 Å². The van der Waals surface area contributed by atoms with Gasteiger partial charge in [0.2, 0.25) is 10.0 Å². The van der Waals surface area contributed by atoms with Crippen LogP contribution in [0.3, 0.4) is 0 Å². The van der Waals surface area contributed by atoms with Gasteiger partial charge < -0.3 is 9.84 Å². The van der Waals surface area contributed by atoms with E-state index in [0.717, 1.165) is 12.8 Å². The second kappa shape index (κ2) is 12.9. The number of carbonyl (C=O) groups is 1. The van der Waals surface area contributed by atoms with E-state index in [1.807, 2.05) is 19.9 Å². The predicted molar refractivity (Wildman–Crippen MR) is 153 cm³/mol. The molecule has 1 heterocycles. The third-order valence-corrected chi connectivity index (χ3v) is 13.2. The fourth-order valence-corrected chi connectivity index (χ4v) is 10.2. The predicted octanol–water partition coefficient (Wildman–Crippen LogP) is 7.20. The Hall–Kier alpha value is -1.36. The van der Waals surface area contributed by atoms with Gasteiger partial charge in [0.1, 0.15) is 12.3 Å². The Morgan fingerprint density at radius 3 is 2.38 bits per heavy atom. The van der Waals surface area contributed by atoms with Crippen molar-refractivity contribution >= 4 is 16.0 Å². The molecule has 0 radical (unpaired) electrons. The molecule has 0 spiro atoms. The number of alkyl halides is 4. The molecular weight excluding hydrogens is 574 g/mol. The Balaban J connectivity index is 1.76. The average molecular weight is 624 g/mol. The van der Waals surface area contributed by atoms with Crippen LogP contribution >= 0.6 is 0 Å². The number of hydrogen-bond acceptors (Lipinski definition) is 4. The number of nitrogens with zero attached hydrogens (tertiary/aromatic N) is 1. The van der Waals surface area contributed by atoms with Crippen LogP contribution in [0.1, 0.15) is 92.4 Å². The molecule has 0 amide bonds. The van der Waals surface area contributed by atoms with E-state index in [0.29, 0.717) is 25.0 Å². The summed E-state index contributed by atoms with van der Waals surface area (Å²) >= 11 is 0. The molecule has 3 aliphatic carbocycles. The quantitative estimate of drug-likeness (QED) is 0.250. The van der Waals surface area contributed by atoms with Gasteiger partial charge in [0.25, 0.3) is 0 Å². The number of fused-ring (bicyclic) bond motifs is 1. The summed E-state index contributed by atoms with van der Waals surface area (Å²) in [6, 6.07) is 0. The molecule has 6 nitrogen and oxygen atoms in total. The van der Waals surface area contributed by atoms with E-state index in [1.165, 1.54) is 11.2 Å². The van der Waals surface area contributed by atoms with Gasteiger partial charge in [-0.05, 0) is 67.6 Å². The molecule has 3 fully saturated rings. The standard InChI is InChI=1S/C31H49F4NO5S/c1-17-10-11-18(2)28(26(32)12-17)25-15-27-29(21(5)20(25)4)41-23(13-19(3)30(37)38)16-36(27)42(39,40)24-9-7-6-8-22(14-24)31(33,34)35/h15,17-26,28-29H,6-14,16H2,1-5H3,(H,37,38)/t17?,18-,19?,20?,21?,22?,23?,24?,25?,26-,28?,29-/m0/s1. The van der Waals surface area contributed by atoms with Gasteiger partial charge in [0, 0.05) is 0 Å². The lowest BCUT2D eigenvalue weighted by atomic mass is 9.65. The molecule has 1 saturated heterocycles. The molecule has 0 aromatic carbocycles. The zero-order valence-corrected chi connectivity index (χ0v) is 26.3. The van der Waals surface area contributed by atoms with Gasteiger partial charge >= 0.3 is 12.1 Å². The lowest BCUT2D eigenvalue weighted by Gasteiger charge is -2.51. The van der Waals surface area contributed by atoms with Gasteiger partial charge in [-0.2, -0.15) is 13.2 Å². The van der Waals surface area contributed by atoms with E-state index in [1.54, 1.807) is 0 Å². The summed E-state index contributed by atoms with van der Waals surface area (Å²) in [5, 5.41) is 8.33. The first-order valence-electron chi connectivity index (χ1n) is 15.8. The highest BCUT2D eigenvalue weighted by Gasteiger charge is 2.52. The van der Waals surface area contributed by atoms with E-state index in [9.17, 15) is 31.5 Å². The van der Waals surface area contributed by atoms with E-state index in [2.05, 4.69) is 13.8 Å². The second-order valence-electron chi connectivity index (χ2n) is 14.0. The summed E-state index contributed by atoms with van der Waals surface area (Å²) in [6.07, 6.45) is -2.44. The van der Waals surface area contributed by atoms with Gasteiger partial charge in [-0.1, -0.05) is 66.4 Å². The summed E-state index contributed by atoms with van der Waals surface area (Å²) in [5.41, 5.74) is 0.398. The van der Waals surface area contributed by atoms with Gasteiger partial charge in [-0.3, -0.25) is 9.10 Å². The number of halogens is 4. The summed E-state index contributed by atoms with van der Waals surface area (Å²) in [4.78, 5) is 11.7. The maximum absolute atomic E-state index is 15.9. The maximum atomic E-state index is 15.9. The van der Waals surface area contributed by atoms with Crippen LogP contribution in [0.5, 0.6) is 0 Å². The van der Waals surface area contributed by atoms with E-state index < -0.39 is 64.1 Å². The Morgan fingerprint density at radius 1 is 1.07 bits per heavy atom. The van der Waals surface area contributed by atoms with Gasteiger partial charge in [0.05, 0.1) is 35.4 Å². The molecule has 12 atom stereocenters. The summed E-state index contributed by atoms with van der Waals surface area (Å²) in [5.74, 6) is -3.95. The molecule has 42 heavy (non-hydrogen) atoms. The van der Waals surface area contributed by atoms with Crippen LogP contribution in [-0.4, -0.2) is 60.1 Å². The molecule has 2 saturated carbocycles. The molecule has 11 heteroatoms. The van der Waals surface area contributed by atoms with Crippen molar-refractivity contribution in [3.63, 3.8) is 0 Å². The fourth-order valence-electron chi connectivity index (χ4n) is 8.08. The van der Waals surface area contributed by atoms with Crippen molar-refractivity contribution in [2.45, 2.75) is 122 Å². The molecule has 4 aliphatic rings. The Morgan fingerprint density at radius 2 is 1.74 bits per heavy atom. The largest absolute Gasteiger partial charge is 0.481 e. The van der Waals surface area contributed by atoms with Crippen LogP contribution in [0.2, 0.25) is 0 Å². The summed E-state index contributed by atoms with van der Waals surface area (Å²) in [6.45, 7) is 9.52. The number of rotatable bonds is 6. The molecule has 0 bridgehead atoms. The van der Waals surface area contributed by atoms with Crippen molar-refractivity contribution < 1.29 is 40.6 Å². The molecule has 4 rings (SSSR count). The van der Waals surface area contributed by atoms with E-state index >= 15 is 4.39 Å². The van der Waals surface area contributed by atoms with Gasteiger partial charge in [-0.15, -0.1) is 0 Å². The van der Waals surface area contributed by atoms with E-state index in [-0.39, 0.29) is 61.3 Å². The maximum Gasteiger partial charge on any atom is 0.391 e. The highest BCUT2D eigenvalue weighted by molar-refractivity contribution is 7.89. The SMILES string of the molecule is CC1CC[C@H](C)C(C2C=C3[C@@H](OC(CC(C)C(=O)O)CN3S(=O)(=O)C3CCCCC(C(F)(F)F)C3)C(C)C2C)[C@@H](F)C1.